The Morgan fingerprint density at radius 1 is 1.52 bits per heavy atom. The fourth-order valence-electron chi connectivity index (χ4n) is 2.46. The van der Waals surface area contributed by atoms with Gasteiger partial charge in [0.25, 0.3) is 0 Å². The molecular weight excluding hydrogens is 275 g/mol. The van der Waals surface area contributed by atoms with Crippen molar-refractivity contribution in [3.63, 3.8) is 0 Å². The fourth-order valence-corrected chi connectivity index (χ4v) is 2.46. The van der Waals surface area contributed by atoms with Crippen LogP contribution in [0.15, 0.2) is 18.2 Å². The number of likely N-dealkylation sites (tertiary alicyclic amines) is 1. The van der Waals surface area contributed by atoms with E-state index in [1.165, 1.54) is 24.1 Å². The van der Waals surface area contributed by atoms with E-state index in [0.29, 0.717) is 18.5 Å². The predicted molar refractivity (Wildman–Crippen MR) is 75.5 cm³/mol. The molecule has 114 valence electrons. The number of amides is 2. The molecule has 1 aromatic carbocycles. The molecule has 0 aliphatic carbocycles. The summed E-state index contributed by atoms with van der Waals surface area (Å²) in [5, 5.41) is 0. The lowest BCUT2D eigenvalue weighted by molar-refractivity contribution is -0.139. The van der Waals surface area contributed by atoms with E-state index in [4.69, 9.17) is 4.74 Å². The van der Waals surface area contributed by atoms with E-state index in [9.17, 15) is 14.0 Å². The molecule has 0 spiro atoms. The largest absolute Gasteiger partial charge is 0.494 e. The average Bonchev–Trinajstić information content (AvgIpc) is 2.78. The molecule has 21 heavy (non-hydrogen) atoms. The van der Waals surface area contributed by atoms with Gasteiger partial charge in [-0.2, -0.15) is 0 Å². The van der Waals surface area contributed by atoms with Gasteiger partial charge in [0, 0.05) is 20.6 Å². The SMILES string of the molecule is COc1ccc(CC(=O)N(C)[C@H]2CCN(C)C2=O)cc1F. The van der Waals surface area contributed by atoms with Crippen molar-refractivity contribution in [3.05, 3.63) is 29.6 Å². The van der Waals surface area contributed by atoms with Crippen molar-refractivity contribution in [1.29, 1.82) is 0 Å². The van der Waals surface area contributed by atoms with Crippen LogP contribution in [-0.2, 0) is 16.0 Å². The van der Waals surface area contributed by atoms with Gasteiger partial charge in [0.2, 0.25) is 11.8 Å². The molecule has 1 saturated heterocycles. The molecule has 1 aliphatic rings. The van der Waals surface area contributed by atoms with Crippen LogP contribution >= 0.6 is 0 Å². The number of benzene rings is 1. The van der Waals surface area contributed by atoms with Crippen LogP contribution in [0.1, 0.15) is 12.0 Å². The van der Waals surface area contributed by atoms with E-state index < -0.39 is 11.9 Å². The zero-order valence-electron chi connectivity index (χ0n) is 12.4. The molecule has 1 aromatic rings. The first kappa shape index (κ1) is 15.3. The molecule has 1 heterocycles. The summed E-state index contributed by atoms with van der Waals surface area (Å²) in [4.78, 5) is 27.2. The Kier molecular flexibility index (Phi) is 4.45. The maximum Gasteiger partial charge on any atom is 0.245 e. The number of nitrogens with zero attached hydrogens (tertiary/aromatic N) is 2. The summed E-state index contributed by atoms with van der Waals surface area (Å²) < 4.78 is 18.4. The number of hydrogen-bond donors (Lipinski definition) is 0. The second-order valence-electron chi connectivity index (χ2n) is 5.21. The summed E-state index contributed by atoms with van der Waals surface area (Å²) in [6, 6.07) is 4.01. The number of carbonyl (C=O) groups is 2. The summed E-state index contributed by atoms with van der Waals surface area (Å²) in [5.41, 5.74) is 0.559. The van der Waals surface area contributed by atoms with Crippen LogP contribution in [0.5, 0.6) is 5.75 Å². The highest BCUT2D eigenvalue weighted by atomic mass is 19.1. The van der Waals surface area contributed by atoms with Gasteiger partial charge in [0.15, 0.2) is 11.6 Å². The number of methoxy groups -OCH3 is 1. The first-order chi connectivity index (χ1) is 9.93. The Morgan fingerprint density at radius 3 is 2.76 bits per heavy atom. The van der Waals surface area contributed by atoms with Gasteiger partial charge in [-0.3, -0.25) is 9.59 Å². The molecule has 2 rings (SSSR count). The number of hydrogen-bond acceptors (Lipinski definition) is 3. The molecule has 0 bridgehead atoms. The molecule has 0 aromatic heterocycles. The van der Waals surface area contributed by atoms with E-state index in [-0.39, 0.29) is 24.0 Å². The minimum Gasteiger partial charge on any atom is -0.494 e. The first-order valence-corrected chi connectivity index (χ1v) is 6.77. The van der Waals surface area contributed by atoms with Crippen LogP contribution in [0.3, 0.4) is 0 Å². The summed E-state index contributed by atoms with van der Waals surface area (Å²) >= 11 is 0. The van der Waals surface area contributed by atoms with Gasteiger partial charge in [0.1, 0.15) is 6.04 Å². The lowest BCUT2D eigenvalue weighted by Gasteiger charge is -2.23. The van der Waals surface area contributed by atoms with Gasteiger partial charge in [-0.05, 0) is 24.1 Å². The molecule has 2 amide bonds. The number of carbonyl (C=O) groups excluding carboxylic acids is 2. The Balaban J connectivity index is 2.04. The number of likely N-dealkylation sites (N-methyl/N-ethyl adjacent to an activating group) is 2. The van der Waals surface area contributed by atoms with Crippen LogP contribution in [0, 0.1) is 5.82 Å². The lowest BCUT2D eigenvalue weighted by Crippen LogP contribution is -2.42. The third-order valence-corrected chi connectivity index (χ3v) is 3.83. The number of rotatable bonds is 4. The highest BCUT2D eigenvalue weighted by Gasteiger charge is 2.34. The van der Waals surface area contributed by atoms with Crippen LogP contribution in [0.2, 0.25) is 0 Å². The van der Waals surface area contributed by atoms with Crippen molar-refractivity contribution in [1.82, 2.24) is 9.80 Å². The van der Waals surface area contributed by atoms with Gasteiger partial charge in [-0.15, -0.1) is 0 Å². The standard InChI is InChI=1S/C15H19FN2O3/c1-17-7-6-12(15(17)20)18(2)14(19)9-10-4-5-13(21-3)11(16)8-10/h4-5,8,12H,6-7,9H2,1-3H3/t12-/m0/s1. The summed E-state index contributed by atoms with van der Waals surface area (Å²) in [6.07, 6.45) is 0.694. The zero-order chi connectivity index (χ0) is 15.6. The molecule has 0 N–H and O–H groups in total. The van der Waals surface area contributed by atoms with Crippen molar-refractivity contribution >= 4 is 11.8 Å². The maximum atomic E-state index is 13.6. The molecule has 6 heteroatoms. The molecule has 0 unspecified atom stereocenters. The van der Waals surface area contributed by atoms with E-state index in [1.54, 1.807) is 25.1 Å². The predicted octanol–water partition coefficient (Wildman–Crippen LogP) is 1.07. The minimum atomic E-state index is -0.498. The minimum absolute atomic E-state index is 0.0493. The third-order valence-electron chi connectivity index (χ3n) is 3.83. The van der Waals surface area contributed by atoms with Crippen LogP contribution < -0.4 is 4.74 Å². The van der Waals surface area contributed by atoms with Crippen molar-refractivity contribution < 1.29 is 18.7 Å². The normalized spacial score (nSPS) is 18.0. The maximum absolute atomic E-state index is 13.6. The monoisotopic (exact) mass is 294 g/mol. The smallest absolute Gasteiger partial charge is 0.245 e. The van der Waals surface area contributed by atoms with Crippen molar-refractivity contribution in [2.75, 3.05) is 27.7 Å². The van der Waals surface area contributed by atoms with E-state index >= 15 is 0 Å². The van der Waals surface area contributed by atoms with Gasteiger partial charge in [-0.1, -0.05) is 6.07 Å². The van der Waals surface area contributed by atoms with Gasteiger partial charge in [-0.25, -0.2) is 4.39 Å². The molecule has 1 fully saturated rings. The Hall–Kier alpha value is -2.11. The second kappa shape index (κ2) is 6.11. The van der Waals surface area contributed by atoms with Crippen molar-refractivity contribution in [3.8, 4) is 5.75 Å². The van der Waals surface area contributed by atoms with Gasteiger partial charge < -0.3 is 14.5 Å². The van der Waals surface area contributed by atoms with Crippen LogP contribution in [0.4, 0.5) is 4.39 Å². The lowest BCUT2D eigenvalue weighted by atomic mass is 10.1. The Labute approximate surface area is 123 Å². The third kappa shape index (κ3) is 3.15. The molecular formula is C15H19FN2O3. The number of ether oxygens (including phenoxy) is 1. The topological polar surface area (TPSA) is 49.9 Å². The van der Waals surface area contributed by atoms with E-state index in [1.807, 2.05) is 0 Å². The zero-order valence-corrected chi connectivity index (χ0v) is 12.4. The summed E-state index contributed by atoms with van der Waals surface area (Å²) in [5.74, 6) is -0.603. The highest BCUT2D eigenvalue weighted by molar-refractivity contribution is 5.89. The quantitative estimate of drug-likeness (QED) is 0.834. The Morgan fingerprint density at radius 2 is 2.24 bits per heavy atom. The molecule has 0 radical (unpaired) electrons. The summed E-state index contributed by atoms with van der Waals surface area (Å²) in [6.45, 7) is 0.651. The van der Waals surface area contributed by atoms with Crippen molar-refractivity contribution in [2.45, 2.75) is 18.9 Å². The first-order valence-electron chi connectivity index (χ1n) is 6.77. The molecule has 0 saturated carbocycles. The molecule has 1 atom stereocenters. The Bertz CT molecular complexity index is 562. The van der Waals surface area contributed by atoms with Crippen molar-refractivity contribution in [2.24, 2.45) is 0 Å². The number of halogens is 1. The van der Waals surface area contributed by atoms with E-state index in [0.717, 1.165) is 0 Å². The van der Waals surface area contributed by atoms with Gasteiger partial charge >= 0.3 is 0 Å². The van der Waals surface area contributed by atoms with E-state index in [2.05, 4.69) is 0 Å². The second-order valence-corrected chi connectivity index (χ2v) is 5.21. The molecule has 5 nitrogen and oxygen atoms in total. The van der Waals surface area contributed by atoms with Gasteiger partial charge in [0.05, 0.1) is 13.5 Å². The van der Waals surface area contributed by atoms with Crippen LogP contribution in [0.25, 0.3) is 0 Å². The molecule has 1 aliphatic heterocycles. The van der Waals surface area contributed by atoms with Crippen LogP contribution in [-0.4, -0.2) is 55.4 Å². The average molecular weight is 294 g/mol. The summed E-state index contributed by atoms with van der Waals surface area (Å²) in [7, 11) is 4.72. The fraction of sp³-hybridized carbons (Fsp3) is 0.467. The highest BCUT2D eigenvalue weighted by Crippen LogP contribution is 2.19.